The number of halogens is 1. The summed E-state index contributed by atoms with van der Waals surface area (Å²) in [6, 6.07) is 6.65. The first-order chi connectivity index (χ1) is 9.49. The van der Waals surface area contributed by atoms with Gasteiger partial charge in [0.2, 0.25) is 5.91 Å². The minimum Gasteiger partial charge on any atom is -0.393 e. The molecule has 1 aliphatic rings. The molecule has 1 aromatic rings. The monoisotopic (exact) mass is 279 g/mol. The number of hydrogen-bond acceptors (Lipinski definition) is 2. The molecule has 1 aliphatic carbocycles. The van der Waals surface area contributed by atoms with Gasteiger partial charge in [-0.2, -0.15) is 0 Å². The Morgan fingerprint density at radius 1 is 1.45 bits per heavy atom. The Balaban J connectivity index is 1.80. The van der Waals surface area contributed by atoms with Crippen LogP contribution in [0.3, 0.4) is 0 Å². The molecule has 110 valence electrons. The number of aliphatic hydroxyl groups excluding tert-OH is 1. The van der Waals surface area contributed by atoms with Crippen LogP contribution in [0.5, 0.6) is 0 Å². The van der Waals surface area contributed by atoms with Crippen LogP contribution in [0.25, 0.3) is 0 Å². The lowest BCUT2D eigenvalue weighted by Crippen LogP contribution is -2.31. The molecule has 1 saturated carbocycles. The summed E-state index contributed by atoms with van der Waals surface area (Å²) < 4.78 is 13.6. The predicted octanol–water partition coefficient (Wildman–Crippen LogP) is 2.45. The zero-order chi connectivity index (χ0) is 14.7. The lowest BCUT2D eigenvalue weighted by molar-refractivity contribution is -0.122. The van der Waals surface area contributed by atoms with E-state index in [4.69, 9.17) is 0 Å². The Morgan fingerprint density at radius 2 is 2.15 bits per heavy atom. The molecule has 4 unspecified atom stereocenters. The van der Waals surface area contributed by atoms with E-state index >= 15 is 0 Å². The summed E-state index contributed by atoms with van der Waals surface area (Å²) in [7, 11) is 0. The van der Waals surface area contributed by atoms with Crippen LogP contribution in [0.1, 0.15) is 38.2 Å². The molecule has 0 aromatic heterocycles. The summed E-state index contributed by atoms with van der Waals surface area (Å²) in [6.07, 6.45) is 1.04. The third kappa shape index (κ3) is 3.79. The number of carbonyl (C=O) groups is 1. The van der Waals surface area contributed by atoms with E-state index in [2.05, 4.69) is 5.32 Å². The van der Waals surface area contributed by atoms with Gasteiger partial charge in [0, 0.05) is 12.5 Å². The van der Waals surface area contributed by atoms with Crippen molar-refractivity contribution < 1.29 is 14.3 Å². The zero-order valence-electron chi connectivity index (χ0n) is 12.0. The van der Waals surface area contributed by atoms with Gasteiger partial charge in [0.05, 0.1) is 6.10 Å². The van der Waals surface area contributed by atoms with Crippen LogP contribution in [-0.2, 0) is 4.79 Å². The summed E-state index contributed by atoms with van der Waals surface area (Å²) in [5, 5.41) is 12.2. The second-order valence-electron chi connectivity index (χ2n) is 5.91. The summed E-state index contributed by atoms with van der Waals surface area (Å²) >= 11 is 0. The SMILES string of the molecule is CC(O)CC(C)CNC(=O)C1CC1c1ccccc1F. The predicted molar refractivity (Wildman–Crippen MR) is 75.7 cm³/mol. The quantitative estimate of drug-likeness (QED) is 0.840. The summed E-state index contributed by atoms with van der Waals surface area (Å²) in [5.41, 5.74) is 0.643. The van der Waals surface area contributed by atoms with E-state index in [1.165, 1.54) is 6.07 Å². The van der Waals surface area contributed by atoms with Crippen molar-refractivity contribution in [2.75, 3.05) is 6.54 Å². The van der Waals surface area contributed by atoms with Crippen LogP contribution < -0.4 is 5.32 Å². The first kappa shape index (κ1) is 15.0. The van der Waals surface area contributed by atoms with Crippen LogP contribution in [0, 0.1) is 17.7 Å². The average molecular weight is 279 g/mol. The zero-order valence-corrected chi connectivity index (χ0v) is 12.0. The molecule has 0 bridgehead atoms. The Morgan fingerprint density at radius 3 is 2.80 bits per heavy atom. The Bertz CT molecular complexity index is 475. The number of nitrogens with one attached hydrogen (secondary N) is 1. The van der Waals surface area contributed by atoms with Crippen molar-refractivity contribution in [2.45, 2.75) is 38.7 Å². The van der Waals surface area contributed by atoms with Gasteiger partial charge in [-0.15, -0.1) is 0 Å². The summed E-state index contributed by atoms with van der Waals surface area (Å²) in [5.74, 6) is -0.0792. The molecule has 4 heteroatoms. The minimum absolute atomic E-state index is 0.00399. The van der Waals surface area contributed by atoms with Gasteiger partial charge in [-0.1, -0.05) is 25.1 Å². The van der Waals surface area contributed by atoms with E-state index in [0.717, 1.165) is 6.42 Å². The highest BCUT2D eigenvalue weighted by atomic mass is 19.1. The van der Waals surface area contributed by atoms with Crippen LogP contribution in [0.2, 0.25) is 0 Å². The Hall–Kier alpha value is -1.42. The highest BCUT2D eigenvalue weighted by Crippen LogP contribution is 2.48. The normalized spacial score (nSPS) is 24.0. The van der Waals surface area contributed by atoms with Gasteiger partial charge in [-0.05, 0) is 43.2 Å². The highest BCUT2D eigenvalue weighted by molar-refractivity contribution is 5.82. The van der Waals surface area contributed by atoms with Crippen molar-refractivity contribution in [2.24, 2.45) is 11.8 Å². The fourth-order valence-corrected chi connectivity index (χ4v) is 2.68. The lowest BCUT2D eigenvalue weighted by Gasteiger charge is -2.14. The van der Waals surface area contributed by atoms with Crippen LogP contribution in [0.15, 0.2) is 24.3 Å². The van der Waals surface area contributed by atoms with E-state index < -0.39 is 0 Å². The molecule has 1 aromatic carbocycles. The van der Waals surface area contributed by atoms with E-state index in [1.807, 2.05) is 6.92 Å². The fourth-order valence-electron chi connectivity index (χ4n) is 2.68. The van der Waals surface area contributed by atoms with Crippen molar-refractivity contribution in [1.82, 2.24) is 5.32 Å². The Labute approximate surface area is 119 Å². The molecule has 0 heterocycles. The summed E-state index contributed by atoms with van der Waals surface area (Å²) in [6.45, 7) is 4.30. The van der Waals surface area contributed by atoms with Gasteiger partial charge < -0.3 is 10.4 Å². The van der Waals surface area contributed by atoms with Gasteiger partial charge in [-0.3, -0.25) is 4.79 Å². The molecular formula is C16H22FNO2. The van der Waals surface area contributed by atoms with Gasteiger partial charge in [0.25, 0.3) is 0 Å². The molecule has 20 heavy (non-hydrogen) atoms. The molecule has 0 spiro atoms. The van der Waals surface area contributed by atoms with Crippen LogP contribution in [-0.4, -0.2) is 23.7 Å². The fraction of sp³-hybridized carbons (Fsp3) is 0.562. The first-order valence-electron chi connectivity index (χ1n) is 7.19. The highest BCUT2D eigenvalue weighted by Gasteiger charge is 2.44. The van der Waals surface area contributed by atoms with E-state index in [0.29, 0.717) is 18.5 Å². The number of aliphatic hydroxyl groups is 1. The van der Waals surface area contributed by atoms with Crippen molar-refractivity contribution in [3.8, 4) is 0 Å². The maximum Gasteiger partial charge on any atom is 0.223 e. The van der Waals surface area contributed by atoms with Gasteiger partial charge in [0.1, 0.15) is 5.82 Å². The molecule has 0 saturated heterocycles. The molecule has 2 N–H and O–H groups in total. The van der Waals surface area contributed by atoms with Crippen molar-refractivity contribution >= 4 is 5.91 Å². The smallest absolute Gasteiger partial charge is 0.223 e. The molecule has 0 radical (unpaired) electrons. The third-order valence-electron chi connectivity index (χ3n) is 3.80. The summed E-state index contributed by atoms with van der Waals surface area (Å²) in [4.78, 5) is 12.0. The van der Waals surface area contributed by atoms with Gasteiger partial charge in [0.15, 0.2) is 0 Å². The van der Waals surface area contributed by atoms with Crippen molar-refractivity contribution in [3.63, 3.8) is 0 Å². The largest absolute Gasteiger partial charge is 0.393 e. The van der Waals surface area contributed by atoms with Crippen LogP contribution >= 0.6 is 0 Å². The van der Waals surface area contributed by atoms with Crippen LogP contribution in [0.4, 0.5) is 4.39 Å². The molecule has 3 nitrogen and oxygen atoms in total. The maximum absolute atomic E-state index is 13.6. The van der Waals surface area contributed by atoms with E-state index in [-0.39, 0.29) is 35.6 Å². The van der Waals surface area contributed by atoms with Gasteiger partial charge in [-0.25, -0.2) is 4.39 Å². The number of benzene rings is 1. The molecule has 4 atom stereocenters. The lowest BCUT2D eigenvalue weighted by atomic mass is 10.0. The topological polar surface area (TPSA) is 49.3 Å². The third-order valence-corrected chi connectivity index (χ3v) is 3.80. The molecule has 2 rings (SSSR count). The van der Waals surface area contributed by atoms with Crippen molar-refractivity contribution in [3.05, 3.63) is 35.6 Å². The first-order valence-corrected chi connectivity index (χ1v) is 7.19. The van der Waals surface area contributed by atoms with Gasteiger partial charge >= 0.3 is 0 Å². The minimum atomic E-state index is -0.353. The number of rotatable bonds is 6. The Kier molecular flexibility index (Phi) is 4.76. The van der Waals surface area contributed by atoms with E-state index in [1.54, 1.807) is 25.1 Å². The average Bonchev–Trinajstić information content (AvgIpc) is 3.16. The standard InChI is InChI=1S/C16H22FNO2/c1-10(7-11(2)19)9-18-16(20)14-8-13(14)12-5-3-4-6-15(12)17/h3-6,10-11,13-14,19H,7-9H2,1-2H3,(H,18,20). The number of hydrogen-bond donors (Lipinski definition) is 2. The molecular weight excluding hydrogens is 257 g/mol. The molecule has 1 amide bonds. The second kappa shape index (κ2) is 6.35. The maximum atomic E-state index is 13.6. The number of carbonyl (C=O) groups excluding carboxylic acids is 1. The second-order valence-corrected chi connectivity index (χ2v) is 5.91. The van der Waals surface area contributed by atoms with E-state index in [9.17, 15) is 14.3 Å². The number of amides is 1. The van der Waals surface area contributed by atoms with Crippen molar-refractivity contribution in [1.29, 1.82) is 0 Å². The molecule has 0 aliphatic heterocycles. The molecule has 1 fully saturated rings.